The molecule has 0 radical (unpaired) electrons. The highest BCUT2D eigenvalue weighted by Gasteiger charge is 2.19. The topological polar surface area (TPSA) is 46.8 Å². The van der Waals surface area contributed by atoms with Gasteiger partial charge in [-0.1, -0.05) is 19.1 Å². The lowest BCUT2D eigenvalue weighted by Gasteiger charge is -2.30. The van der Waals surface area contributed by atoms with Crippen LogP contribution in [-0.4, -0.2) is 38.2 Å². The third-order valence-electron chi connectivity index (χ3n) is 3.72. The van der Waals surface area contributed by atoms with E-state index in [4.69, 9.17) is 0 Å². The third kappa shape index (κ3) is 2.91. The van der Waals surface area contributed by atoms with Crippen LogP contribution in [0.15, 0.2) is 28.7 Å². The van der Waals surface area contributed by atoms with Crippen LogP contribution in [0.5, 0.6) is 0 Å². The predicted molar refractivity (Wildman–Crippen MR) is 80.5 cm³/mol. The van der Waals surface area contributed by atoms with Gasteiger partial charge in [0.1, 0.15) is 0 Å². The summed E-state index contributed by atoms with van der Waals surface area (Å²) in [6.45, 7) is 5.37. The van der Waals surface area contributed by atoms with Crippen LogP contribution < -0.4 is 0 Å². The maximum absolute atomic E-state index is 4.19. The molecule has 0 bridgehead atoms. The smallest absolute Gasteiger partial charge is 0.170 e. The van der Waals surface area contributed by atoms with Crippen molar-refractivity contribution in [3.63, 3.8) is 0 Å². The second-order valence-corrected chi connectivity index (χ2v) is 6.30. The van der Waals surface area contributed by atoms with E-state index in [0.717, 1.165) is 41.5 Å². The van der Waals surface area contributed by atoms with Crippen LogP contribution in [0.25, 0.3) is 5.69 Å². The van der Waals surface area contributed by atoms with Gasteiger partial charge in [-0.3, -0.25) is 4.90 Å². The molecule has 0 aliphatic carbocycles. The first-order chi connectivity index (χ1) is 9.74. The molecule has 0 amide bonds. The van der Waals surface area contributed by atoms with E-state index in [9.17, 15) is 0 Å². The molecule has 1 aliphatic rings. The van der Waals surface area contributed by atoms with Crippen molar-refractivity contribution < 1.29 is 0 Å². The SMILES string of the molecule is C[C@@H]1CCCN(Cc2nnnn2-c2ccccc2Br)C1. The number of likely N-dealkylation sites (tertiary alicyclic amines) is 1. The number of para-hydroxylation sites is 1. The normalized spacial score (nSPS) is 20.2. The first-order valence-electron chi connectivity index (χ1n) is 6.98. The fraction of sp³-hybridized carbons (Fsp3) is 0.500. The Morgan fingerprint density at radius 1 is 1.35 bits per heavy atom. The van der Waals surface area contributed by atoms with Gasteiger partial charge in [0.2, 0.25) is 0 Å². The Kier molecular flexibility index (Phi) is 4.12. The molecule has 1 saturated heterocycles. The molecule has 1 fully saturated rings. The van der Waals surface area contributed by atoms with E-state index < -0.39 is 0 Å². The van der Waals surface area contributed by atoms with Crippen LogP contribution in [0, 0.1) is 5.92 Å². The zero-order valence-corrected chi connectivity index (χ0v) is 13.1. The molecular formula is C14H18BrN5. The largest absolute Gasteiger partial charge is 0.296 e. The van der Waals surface area contributed by atoms with Gasteiger partial charge in [-0.15, -0.1) is 5.10 Å². The van der Waals surface area contributed by atoms with Gasteiger partial charge < -0.3 is 0 Å². The van der Waals surface area contributed by atoms with Gasteiger partial charge in [-0.25, -0.2) is 0 Å². The number of piperidine rings is 1. The van der Waals surface area contributed by atoms with Crippen molar-refractivity contribution in [2.75, 3.05) is 13.1 Å². The molecule has 1 aromatic heterocycles. The minimum absolute atomic E-state index is 0.761. The summed E-state index contributed by atoms with van der Waals surface area (Å²) in [7, 11) is 0. The molecule has 20 heavy (non-hydrogen) atoms. The van der Waals surface area contributed by atoms with E-state index in [1.54, 1.807) is 0 Å². The lowest BCUT2D eigenvalue weighted by Crippen LogP contribution is -2.34. The summed E-state index contributed by atoms with van der Waals surface area (Å²) in [6.07, 6.45) is 2.59. The van der Waals surface area contributed by atoms with Crippen molar-refractivity contribution in [1.82, 2.24) is 25.1 Å². The number of hydrogen-bond acceptors (Lipinski definition) is 4. The quantitative estimate of drug-likeness (QED) is 0.865. The van der Waals surface area contributed by atoms with Gasteiger partial charge in [0.05, 0.1) is 12.2 Å². The second-order valence-electron chi connectivity index (χ2n) is 5.44. The zero-order valence-electron chi connectivity index (χ0n) is 11.5. The first-order valence-corrected chi connectivity index (χ1v) is 7.78. The number of benzene rings is 1. The van der Waals surface area contributed by atoms with Gasteiger partial charge in [-0.2, -0.15) is 4.68 Å². The van der Waals surface area contributed by atoms with E-state index in [2.05, 4.69) is 43.3 Å². The van der Waals surface area contributed by atoms with Crippen LogP contribution in [0.3, 0.4) is 0 Å². The summed E-state index contributed by atoms with van der Waals surface area (Å²) < 4.78 is 2.82. The van der Waals surface area contributed by atoms with Crippen LogP contribution in [-0.2, 0) is 6.54 Å². The Balaban J connectivity index is 1.82. The molecular weight excluding hydrogens is 318 g/mol. The average Bonchev–Trinajstić information content (AvgIpc) is 2.87. The van der Waals surface area contributed by atoms with Crippen LogP contribution in [0.4, 0.5) is 0 Å². The van der Waals surface area contributed by atoms with Crippen LogP contribution in [0.2, 0.25) is 0 Å². The van der Waals surface area contributed by atoms with Crippen molar-refractivity contribution in [2.24, 2.45) is 5.92 Å². The van der Waals surface area contributed by atoms with E-state index in [0.29, 0.717) is 0 Å². The molecule has 0 unspecified atom stereocenters. The summed E-state index contributed by atoms with van der Waals surface area (Å²) >= 11 is 3.56. The molecule has 0 N–H and O–H groups in total. The summed E-state index contributed by atoms with van der Waals surface area (Å²) in [6, 6.07) is 8.00. The predicted octanol–water partition coefficient (Wildman–Crippen LogP) is 2.66. The van der Waals surface area contributed by atoms with Crippen molar-refractivity contribution in [3.8, 4) is 5.69 Å². The second kappa shape index (κ2) is 6.01. The van der Waals surface area contributed by atoms with Gasteiger partial charge in [0.25, 0.3) is 0 Å². The first kappa shape index (κ1) is 13.7. The fourth-order valence-electron chi connectivity index (χ4n) is 2.75. The summed E-state index contributed by atoms with van der Waals surface area (Å²) in [5.41, 5.74) is 0.984. The van der Waals surface area contributed by atoms with Crippen LogP contribution >= 0.6 is 15.9 Å². The minimum Gasteiger partial charge on any atom is -0.296 e. The van der Waals surface area contributed by atoms with Crippen molar-refractivity contribution in [3.05, 3.63) is 34.6 Å². The van der Waals surface area contributed by atoms with E-state index in [-0.39, 0.29) is 0 Å². The Labute approximate surface area is 127 Å². The highest BCUT2D eigenvalue weighted by atomic mass is 79.9. The highest BCUT2D eigenvalue weighted by Crippen LogP contribution is 2.22. The number of aromatic nitrogens is 4. The molecule has 1 aliphatic heterocycles. The van der Waals surface area contributed by atoms with Crippen LogP contribution in [0.1, 0.15) is 25.6 Å². The average molecular weight is 336 g/mol. The van der Waals surface area contributed by atoms with Gasteiger partial charge in [0.15, 0.2) is 5.82 Å². The maximum Gasteiger partial charge on any atom is 0.170 e. The van der Waals surface area contributed by atoms with Crippen molar-refractivity contribution >= 4 is 15.9 Å². The number of rotatable bonds is 3. The Hall–Kier alpha value is -1.27. The molecule has 0 spiro atoms. The molecule has 5 nitrogen and oxygen atoms in total. The molecule has 2 heterocycles. The summed E-state index contributed by atoms with van der Waals surface area (Å²) in [5, 5.41) is 12.2. The Morgan fingerprint density at radius 2 is 2.20 bits per heavy atom. The molecule has 2 aromatic rings. The molecule has 3 rings (SSSR count). The number of nitrogens with zero attached hydrogens (tertiary/aromatic N) is 5. The molecule has 1 atom stereocenters. The fourth-order valence-corrected chi connectivity index (χ4v) is 3.20. The third-order valence-corrected chi connectivity index (χ3v) is 4.39. The molecule has 0 saturated carbocycles. The molecule has 1 aromatic carbocycles. The lowest BCUT2D eigenvalue weighted by molar-refractivity contribution is 0.171. The van der Waals surface area contributed by atoms with Gasteiger partial charge in [-0.05, 0) is 63.8 Å². The highest BCUT2D eigenvalue weighted by molar-refractivity contribution is 9.10. The Morgan fingerprint density at radius 3 is 3.00 bits per heavy atom. The molecule has 106 valence electrons. The lowest BCUT2D eigenvalue weighted by atomic mass is 10.0. The van der Waals surface area contributed by atoms with Gasteiger partial charge >= 0.3 is 0 Å². The number of tetrazole rings is 1. The maximum atomic E-state index is 4.19. The summed E-state index contributed by atoms with van der Waals surface area (Å²) in [5.74, 6) is 1.66. The van der Waals surface area contributed by atoms with E-state index in [1.807, 2.05) is 28.9 Å². The standard InChI is InChI=1S/C14H18BrN5/c1-11-5-4-8-19(9-11)10-14-16-17-18-20(14)13-7-3-2-6-12(13)15/h2-3,6-7,11H,4-5,8-10H2,1H3/t11-/m1/s1. The van der Waals surface area contributed by atoms with E-state index >= 15 is 0 Å². The summed E-state index contributed by atoms with van der Waals surface area (Å²) in [4.78, 5) is 2.44. The minimum atomic E-state index is 0.761. The number of halogens is 1. The zero-order chi connectivity index (χ0) is 13.9. The van der Waals surface area contributed by atoms with Gasteiger partial charge in [0, 0.05) is 11.0 Å². The molecule has 6 heteroatoms. The monoisotopic (exact) mass is 335 g/mol. The van der Waals surface area contributed by atoms with Crippen molar-refractivity contribution in [2.45, 2.75) is 26.3 Å². The van der Waals surface area contributed by atoms with Crippen molar-refractivity contribution in [1.29, 1.82) is 0 Å². The van der Waals surface area contributed by atoms with E-state index in [1.165, 1.54) is 12.8 Å². The Bertz CT molecular complexity index is 582. The number of hydrogen-bond donors (Lipinski definition) is 0.